The molecule has 0 aliphatic carbocycles. The van der Waals surface area contributed by atoms with Crippen LogP contribution in [0.15, 0.2) is 23.1 Å². The fraction of sp³-hybridized carbons (Fsp3) is 0.250. The predicted octanol–water partition coefficient (Wildman–Crippen LogP) is 2.49. The van der Waals surface area contributed by atoms with Crippen LogP contribution in [0.4, 0.5) is 5.69 Å². The van der Waals surface area contributed by atoms with Crippen molar-refractivity contribution < 1.29 is 13.2 Å². The van der Waals surface area contributed by atoms with Gasteiger partial charge in [0.25, 0.3) is 10.0 Å². The highest BCUT2D eigenvalue weighted by Gasteiger charge is 2.22. The smallest absolute Gasteiger partial charge is 0.265 e. The Labute approximate surface area is 122 Å². The number of aromatic amines is 1. The van der Waals surface area contributed by atoms with Gasteiger partial charge in [0, 0.05) is 0 Å². The quantitative estimate of drug-likeness (QED) is 0.908. The molecular formula is C12H14ClN3O3S. The van der Waals surface area contributed by atoms with E-state index < -0.39 is 10.0 Å². The maximum Gasteiger partial charge on any atom is 0.265 e. The number of sulfonamides is 1. The SMILES string of the molecule is COc1ccc(NS(=O)(=O)c2c(C)n[nH]c2C)cc1Cl. The van der Waals surface area contributed by atoms with Crippen molar-refractivity contribution in [2.45, 2.75) is 18.7 Å². The summed E-state index contributed by atoms with van der Waals surface area (Å²) in [5.41, 5.74) is 1.25. The lowest BCUT2D eigenvalue weighted by Gasteiger charge is -2.10. The molecule has 108 valence electrons. The van der Waals surface area contributed by atoms with Gasteiger partial charge in [-0.15, -0.1) is 0 Å². The Morgan fingerprint density at radius 2 is 2.05 bits per heavy atom. The summed E-state index contributed by atoms with van der Waals surface area (Å²) >= 11 is 5.97. The molecule has 0 unspecified atom stereocenters. The fourth-order valence-corrected chi connectivity index (χ4v) is 3.55. The first-order chi connectivity index (χ1) is 9.35. The van der Waals surface area contributed by atoms with Crippen LogP contribution >= 0.6 is 11.6 Å². The van der Waals surface area contributed by atoms with Gasteiger partial charge in [0.15, 0.2) is 0 Å². The second-order valence-corrected chi connectivity index (χ2v) is 6.24. The zero-order valence-electron chi connectivity index (χ0n) is 11.2. The van der Waals surface area contributed by atoms with Crippen molar-refractivity contribution in [2.24, 2.45) is 0 Å². The number of hydrogen-bond donors (Lipinski definition) is 2. The Bertz CT molecular complexity index is 721. The third-order valence-electron chi connectivity index (χ3n) is 2.73. The van der Waals surface area contributed by atoms with E-state index in [9.17, 15) is 8.42 Å². The van der Waals surface area contributed by atoms with E-state index in [1.54, 1.807) is 26.0 Å². The number of methoxy groups -OCH3 is 1. The lowest BCUT2D eigenvalue weighted by Crippen LogP contribution is -2.14. The maximum absolute atomic E-state index is 12.3. The Kier molecular flexibility index (Phi) is 3.92. The van der Waals surface area contributed by atoms with Crippen LogP contribution in [0.1, 0.15) is 11.4 Å². The standard InChI is InChI=1S/C12H14ClN3O3S/c1-7-12(8(2)15-14-7)20(17,18)16-9-4-5-11(19-3)10(13)6-9/h4-6,16H,1-3H3,(H,14,15). The number of rotatable bonds is 4. The average molecular weight is 316 g/mol. The molecular weight excluding hydrogens is 302 g/mol. The van der Waals surface area contributed by atoms with Crippen molar-refractivity contribution in [1.82, 2.24) is 10.2 Å². The summed E-state index contributed by atoms with van der Waals surface area (Å²) in [7, 11) is -2.22. The van der Waals surface area contributed by atoms with Gasteiger partial charge in [-0.05, 0) is 32.0 Å². The minimum atomic E-state index is -3.71. The molecule has 6 nitrogen and oxygen atoms in total. The largest absolute Gasteiger partial charge is 0.495 e. The van der Waals surface area contributed by atoms with Gasteiger partial charge in [-0.3, -0.25) is 9.82 Å². The minimum Gasteiger partial charge on any atom is -0.495 e. The van der Waals surface area contributed by atoms with Gasteiger partial charge in [0.1, 0.15) is 10.6 Å². The minimum absolute atomic E-state index is 0.143. The van der Waals surface area contributed by atoms with Crippen LogP contribution in [0.25, 0.3) is 0 Å². The third-order valence-corrected chi connectivity index (χ3v) is 4.67. The van der Waals surface area contributed by atoms with Gasteiger partial charge in [-0.25, -0.2) is 8.42 Å². The van der Waals surface area contributed by atoms with E-state index in [0.717, 1.165) is 0 Å². The van der Waals surface area contributed by atoms with Crippen LogP contribution < -0.4 is 9.46 Å². The molecule has 0 amide bonds. The molecule has 0 bridgehead atoms. The first-order valence-electron chi connectivity index (χ1n) is 5.73. The zero-order valence-corrected chi connectivity index (χ0v) is 12.8. The highest BCUT2D eigenvalue weighted by Crippen LogP contribution is 2.29. The average Bonchev–Trinajstić information content (AvgIpc) is 2.69. The molecule has 20 heavy (non-hydrogen) atoms. The molecule has 1 aromatic carbocycles. The van der Waals surface area contributed by atoms with Crippen LogP contribution in [0, 0.1) is 13.8 Å². The molecule has 0 aliphatic rings. The monoisotopic (exact) mass is 315 g/mol. The van der Waals surface area contributed by atoms with E-state index in [4.69, 9.17) is 16.3 Å². The van der Waals surface area contributed by atoms with Crippen LogP contribution in [0.2, 0.25) is 5.02 Å². The van der Waals surface area contributed by atoms with Crippen LogP contribution in [0.3, 0.4) is 0 Å². The third kappa shape index (κ3) is 2.73. The summed E-state index contributed by atoms with van der Waals surface area (Å²) < 4.78 is 32.1. The molecule has 0 saturated heterocycles. The molecule has 0 aliphatic heterocycles. The van der Waals surface area contributed by atoms with Crippen LogP contribution in [-0.2, 0) is 10.0 Å². The van der Waals surface area contributed by atoms with Gasteiger partial charge in [0.05, 0.1) is 29.2 Å². The Morgan fingerprint density at radius 1 is 1.35 bits per heavy atom. The van der Waals surface area contributed by atoms with E-state index in [0.29, 0.717) is 27.8 Å². The van der Waals surface area contributed by atoms with Gasteiger partial charge in [-0.2, -0.15) is 5.10 Å². The number of hydrogen-bond acceptors (Lipinski definition) is 4. The normalized spacial score (nSPS) is 11.4. The van der Waals surface area contributed by atoms with E-state index in [2.05, 4.69) is 14.9 Å². The number of anilines is 1. The lowest BCUT2D eigenvalue weighted by atomic mass is 10.3. The van der Waals surface area contributed by atoms with Crippen LogP contribution in [-0.4, -0.2) is 25.7 Å². The van der Waals surface area contributed by atoms with Crippen molar-refractivity contribution in [3.63, 3.8) is 0 Å². The van der Waals surface area contributed by atoms with Crippen molar-refractivity contribution >= 4 is 27.3 Å². The number of ether oxygens (including phenoxy) is 1. The zero-order chi connectivity index (χ0) is 14.9. The highest BCUT2D eigenvalue weighted by molar-refractivity contribution is 7.92. The molecule has 0 spiro atoms. The molecule has 0 radical (unpaired) electrons. The summed E-state index contributed by atoms with van der Waals surface area (Å²) in [6.45, 7) is 3.27. The van der Waals surface area contributed by atoms with Crippen LogP contribution in [0.5, 0.6) is 5.75 Å². The molecule has 1 aromatic heterocycles. The number of nitrogens with zero attached hydrogens (tertiary/aromatic N) is 1. The van der Waals surface area contributed by atoms with E-state index in [-0.39, 0.29) is 4.90 Å². The second-order valence-electron chi connectivity index (χ2n) is 4.22. The van der Waals surface area contributed by atoms with Gasteiger partial charge in [0.2, 0.25) is 0 Å². The topological polar surface area (TPSA) is 84.1 Å². The van der Waals surface area contributed by atoms with Gasteiger partial charge in [-0.1, -0.05) is 11.6 Å². The lowest BCUT2D eigenvalue weighted by molar-refractivity contribution is 0.415. The number of benzene rings is 1. The molecule has 2 rings (SSSR count). The van der Waals surface area contributed by atoms with Crippen molar-refractivity contribution in [3.8, 4) is 5.75 Å². The van der Waals surface area contributed by atoms with Gasteiger partial charge >= 0.3 is 0 Å². The van der Waals surface area contributed by atoms with E-state index in [1.807, 2.05) is 0 Å². The summed E-state index contributed by atoms with van der Waals surface area (Å²) in [5.74, 6) is 0.477. The van der Waals surface area contributed by atoms with E-state index >= 15 is 0 Å². The first kappa shape index (κ1) is 14.7. The molecule has 0 fully saturated rings. The second kappa shape index (κ2) is 5.34. The highest BCUT2D eigenvalue weighted by atomic mass is 35.5. The number of aryl methyl sites for hydroxylation is 2. The molecule has 1 heterocycles. The summed E-state index contributed by atoms with van der Waals surface area (Å²) in [5, 5.41) is 6.85. The van der Waals surface area contributed by atoms with Gasteiger partial charge < -0.3 is 4.74 Å². The Morgan fingerprint density at radius 3 is 2.55 bits per heavy atom. The molecule has 0 atom stereocenters. The molecule has 0 saturated carbocycles. The summed E-state index contributed by atoms with van der Waals surface area (Å²) in [6, 6.07) is 4.66. The Hall–Kier alpha value is -1.73. The maximum atomic E-state index is 12.3. The number of halogens is 1. The van der Waals surface area contributed by atoms with Crippen molar-refractivity contribution in [3.05, 3.63) is 34.6 Å². The van der Waals surface area contributed by atoms with Crippen molar-refractivity contribution in [1.29, 1.82) is 0 Å². The predicted molar refractivity (Wildman–Crippen MR) is 76.9 cm³/mol. The number of aromatic nitrogens is 2. The first-order valence-corrected chi connectivity index (χ1v) is 7.59. The molecule has 2 N–H and O–H groups in total. The number of H-pyrrole nitrogens is 1. The van der Waals surface area contributed by atoms with E-state index in [1.165, 1.54) is 13.2 Å². The Balaban J connectivity index is 2.36. The fourth-order valence-electron chi connectivity index (χ4n) is 1.87. The number of nitrogens with one attached hydrogen (secondary N) is 2. The molecule has 8 heteroatoms. The summed E-state index contributed by atoms with van der Waals surface area (Å²) in [6.07, 6.45) is 0. The van der Waals surface area contributed by atoms with Crippen molar-refractivity contribution in [2.75, 3.05) is 11.8 Å². The molecule has 2 aromatic rings. The summed E-state index contributed by atoms with van der Waals surface area (Å²) in [4.78, 5) is 0.143.